The Kier molecular flexibility index (Phi) is 54.2. The minimum absolute atomic E-state index is 0.0769. The van der Waals surface area contributed by atoms with Crippen LogP contribution in [0.25, 0.3) is 0 Å². The van der Waals surface area contributed by atoms with E-state index in [2.05, 4.69) is 57.2 Å². The Morgan fingerprint density at radius 1 is 0.299 bits per heavy atom. The molecule has 0 saturated carbocycles. The molecule has 0 aromatic carbocycles. The van der Waals surface area contributed by atoms with E-state index in [-0.39, 0.29) is 31.1 Å². The van der Waals surface area contributed by atoms with Gasteiger partial charge in [0.1, 0.15) is 13.2 Å². The Labute approximate surface area is 416 Å². The molecule has 0 rings (SSSR count). The van der Waals surface area contributed by atoms with Crippen molar-refractivity contribution < 1.29 is 28.6 Å². The molecule has 0 aromatic heterocycles. The molecular weight excluding hydrogens is 829 g/mol. The lowest BCUT2D eigenvalue weighted by molar-refractivity contribution is -0.167. The number of hydrogen-bond donors (Lipinski definition) is 0. The molecule has 392 valence electrons. The first kappa shape index (κ1) is 64.6. The second kappa shape index (κ2) is 56.2. The molecule has 6 heteroatoms. The van der Waals surface area contributed by atoms with Gasteiger partial charge in [0.2, 0.25) is 0 Å². The van der Waals surface area contributed by atoms with E-state index in [1.54, 1.807) is 0 Å². The summed E-state index contributed by atoms with van der Waals surface area (Å²) in [5.74, 6) is -0.882. The van der Waals surface area contributed by atoms with Gasteiger partial charge in [0.15, 0.2) is 6.10 Å². The van der Waals surface area contributed by atoms with Crippen LogP contribution in [0.15, 0.2) is 36.5 Å². The number of unbranched alkanes of at least 4 members (excludes halogenated alkanes) is 37. The van der Waals surface area contributed by atoms with Crippen LogP contribution >= 0.6 is 0 Å². The minimum atomic E-state index is -0.780. The van der Waals surface area contributed by atoms with Crippen molar-refractivity contribution in [3.8, 4) is 0 Å². The Hall–Kier alpha value is -2.37. The van der Waals surface area contributed by atoms with Gasteiger partial charge < -0.3 is 14.2 Å². The highest BCUT2D eigenvalue weighted by Crippen LogP contribution is 2.17. The summed E-state index contributed by atoms with van der Waals surface area (Å²) in [6, 6.07) is 0. The van der Waals surface area contributed by atoms with E-state index in [9.17, 15) is 14.4 Å². The third-order valence-electron chi connectivity index (χ3n) is 13.1. The molecule has 0 saturated heterocycles. The summed E-state index contributed by atoms with van der Waals surface area (Å²) >= 11 is 0. The predicted octanol–water partition coefficient (Wildman–Crippen LogP) is 19.7. The Balaban J connectivity index is 4.32. The van der Waals surface area contributed by atoms with E-state index < -0.39 is 6.10 Å². The number of hydrogen-bond acceptors (Lipinski definition) is 6. The lowest BCUT2D eigenvalue weighted by atomic mass is 10.0. The highest BCUT2D eigenvalue weighted by Gasteiger charge is 2.19. The van der Waals surface area contributed by atoms with Crippen LogP contribution < -0.4 is 0 Å². The summed E-state index contributed by atoms with van der Waals surface area (Å²) in [4.78, 5) is 38.1. The minimum Gasteiger partial charge on any atom is -0.462 e. The largest absolute Gasteiger partial charge is 0.462 e. The van der Waals surface area contributed by atoms with Crippen LogP contribution in [-0.2, 0) is 28.6 Å². The van der Waals surface area contributed by atoms with Crippen molar-refractivity contribution in [3.63, 3.8) is 0 Å². The first-order valence-electron chi connectivity index (χ1n) is 29.5. The topological polar surface area (TPSA) is 78.9 Å². The highest BCUT2D eigenvalue weighted by molar-refractivity contribution is 5.71. The van der Waals surface area contributed by atoms with Crippen molar-refractivity contribution in [2.24, 2.45) is 0 Å². The van der Waals surface area contributed by atoms with E-state index >= 15 is 0 Å². The number of esters is 3. The van der Waals surface area contributed by atoms with Crippen molar-refractivity contribution >= 4 is 17.9 Å². The summed E-state index contributed by atoms with van der Waals surface area (Å²) in [6.07, 6.45) is 67.1. The Bertz CT molecular complexity index is 1130. The molecule has 0 fully saturated rings. The maximum atomic E-state index is 12.8. The number of carbonyl (C=O) groups is 3. The van der Waals surface area contributed by atoms with Crippen LogP contribution in [0.2, 0.25) is 0 Å². The summed E-state index contributed by atoms with van der Waals surface area (Å²) in [6.45, 7) is 6.63. The van der Waals surface area contributed by atoms with Crippen molar-refractivity contribution in [1.82, 2.24) is 0 Å². The molecule has 0 bridgehead atoms. The maximum Gasteiger partial charge on any atom is 0.306 e. The lowest BCUT2D eigenvalue weighted by Crippen LogP contribution is -2.30. The van der Waals surface area contributed by atoms with E-state index in [1.807, 2.05) is 0 Å². The van der Waals surface area contributed by atoms with Gasteiger partial charge in [0, 0.05) is 19.3 Å². The summed E-state index contributed by atoms with van der Waals surface area (Å²) in [5, 5.41) is 0. The van der Waals surface area contributed by atoms with Crippen LogP contribution in [0.3, 0.4) is 0 Å². The van der Waals surface area contributed by atoms with Crippen molar-refractivity contribution in [2.45, 2.75) is 322 Å². The first-order chi connectivity index (χ1) is 33.0. The molecule has 0 aromatic rings. The smallest absolute Gasteiger partial charge is 0.306 e. The van der Waals surface area contributed by atoms with Gasteiger partial charge >= 0.3 is 17.9 Å². The quantitative estimate of drug-likeness (QED) is 0.0262. The fourth-order valence-corrected chi connectivity index (χ4v) is 8.65. The molecule has 0 spiro atoms. The van der Waals surface area contributed by atoms with Gasteiger partial charge in [-0.25, -0.2) is 0 Å². The second-order valence-electron chi connectivity index (χ2n) is 19.9. The van der Waals surface area contributed by atoms with Crippen LogP contribution in [0, 0.1) is 0 Å². The zero-order valence-corrected chi connectivity index (χ0v) is 44.9. The fraction of sp³-hybridized carbons (Fsp3) is 0.852. The monoisotopic (exact) mass is 941 g/mol. The highest BCUT2D eigenvalue weighted by atomic mass is 16.6. The Morgan fingerprint density at radius 3 is 0.866 bits per heavy atom. The van der Waals surface area contributed by atoms with Gasteiger partial charge in [-0.05, 0) is 77.0 Å². The average molecular weight is 942 g/mol. The van der Waals surface area contributed by atoms with Crippen LogP contribution in [0.5, 0.6) is 0 Å². The molecular formula is C61H112O6. The normalized spacial score (nSPS) is 12.2. The van der Waals surface area contributed by atoms with E-state index in [0.717, 1.165) is 89.9 Å². The molecule has 0 aliphatic rings. The summed E-state index contributed by atoms with van der Waals surface area (Å²) in [5.41, 5.74) is 0. The molecule has 0 heterocycles. The second-order valence-corrected chi connectivity index (χ2v) is 19.9. The summed E-state index contributed by atoms with van der Waals surface area (Å²) in [7, 11) is 0. The third-order valence-corrected chi connectivity index (χ3v) is 13.1. The SMILES string of the molecule is CCCCC/C=C\C/C=C\CCCCCCCC(=O)OC(COC(=O)CCCCCCC/C=C\CCCCCCC)COC(=O)CCCCCCCCCCCCCCCCCCCCCC. The third kappa shape index (κ3) is 54.4. The van der Waals surface area contributed by atoms with Crippen molar-refractivity contribution in [2.75, 3.05) is 13.2 Å². The van der Waals surface area contributed by atoms with Crippen molar-refractivity contribution in [3.05, 3.63) is 36.5 Å². The average Bonchev–Trinajstić information content (AvgIpc) is 3.33. The molecule has 1 unspecified atom stereocenters. The van der Waals surface area contributed by atoms with Gasteiger partial charge in [0.05, 0.1) is 0 Å². The Morgan fingerprint density at radius 2 is 0.537 bits per heavy atom. The van der Waals surface area contributed by atoms with Crippen LogP contribution in [0.4, 0.5) is 0 Å². The molecule has 1 atom stereocenters. The number of rotatable bonds is 54. The predicted molar refractivity (Wildman–Crippen MR) is 289 cm³/mol. The van der Waals surface area contributed by atoms with Gasteiger partial charge in [-0.15, -0.1) is 0 Å². The molecule has 6 nitrogen and oxygen atoms in total. The number of ether oxygens (including phenoxy) is 3. The van der Waals surface area contributed by atoms with Gasteiger partial charge in [-0.1, -0.05) is 256 Å². The summed E-state index contributed by atoms with van der Waals surface area (Å²) < 4.78 is 16.9. The van der Waals surface area contributed by atoms with Crippen LogP contribution in [-0.4, -0.2) is 37.2 Å². The number of carbonyl (C=O) groups excluding carboxylic acids is 3. The molecule has 0 aliphatic carbocycles. The maximum absolute atomic E-state index is 12.8. The zero-order chi connectivity index (χ0) is 48.6. The molecule has 0 radical (unpaired) electrons. The molecule has 0 N–H and O–H groups in total. The fourth-order valence-electron chi connectivity index (χ4n) is 8.65. The standard InChI is InChI=1S/C61H112O6/c1-4-7-10-13-16-19-22-25-28-29-30-31-32-34-36-39-42-45-48-51-54-60(63)66-57-58(56-65-59(62)53-50-47-44-41-38-35-27-24-21-18-15-12-9-6-3)67-61(64)55-52-49-46-43-40-37-33-26-23-20-17-14-11-8-5-2/h17,20,24,26-27,33,58H,4-16,18-19,21-23,25,28-32,34-57H2,1-3H3/b20-17-,27-24-,33-26-. The van der Waals surface area contributed by atoms with Gasteiger partial charge in [-0.2, -0.15) is 0 Å². The van der Waals surface area contributed by atoms with Crippen LogP contribution in [0.1, 0.15) is 316 Å². The zero-order valence-electron chi connectivity index (χ0n) is 44.9. The lowest BCUT2D eigenvalue weighted by Gasteiger charge is -2.18. The van der Waals surface area contributed by atoms with E-state index in [0.29, 0.717) is 19.3 Å². The van der Waals surface area contributed by atoms with E-state index in [1.165, 1.54) is 186 Å². The molecule has 0 amide bonds. The molecule has 67 heavy (non-hydrogen) atoms. The van der Waals surface area contributed by atoms with Gasteiger partial charge in [0.25, 0.3) is 0 Å². The van der Waals surface area contributed by atoms with Crippen molar-refractivity contribution in [1.29, 1.82) is 0 Å². The van der Waals surface area contributed by atoms with Gasteiger partial charge in [-0.3, -0.25) is 14.4 Å². The van der Waals surface area contributed by atoms with E-state index in [4.69, 9.17) is 14.2 Å². The molecule has 0 aliphatic heterocycles. The first-order valence-corrected chi connectivity index (χ1v) is 29.5. The number of allylic oxidation sites excluding steroid dienone is 6.